The van der Waals surface area contributed by atoms with Gasteiger partial charge in [-0.2, -0.15) is 0 Å². The van der Waals surface area contributed by atoms with Crippen molar-refractivity contribution in [3.05, 3.63) is 39.2 Å². The number of hydrogen-bond acceptors (Lipinski definition) is 4. The first-order valence-electron chi connectivity index (χ1n) is 5.55. The number of rotatable bonds is 0. The van der Waals surface area contributed by atoms with Crippen molar-refractivity contribution >= 4 is 11.0 Å². The molecule has 0 unspecified atom stereocenters. The number of phenolic OH excluding ortho intramolecular Hbond substituents is 1. The summed E-state index contributed by atoms with van der Waals surface area (Å²) in [6, 6.07) is 3.24. The van der Waals surface area contributed by atoms with Gasteiger partial charge in [-0.1, -0.05) is 0 Å². The maximum atomic E-state index is 12.2. The highest BCUT2D eigenvalue weighted by atomic mass is 16.3. The fourth-order valence-electron chi connectivity index (χ4n) is 2.43. The normalized spacial score (nSPS) is 18.6. The van der Waals surface area contributed by atoms with E-state index in [-0.39, 0.29) is 16.6 Å². The minimum atomic E-state index is -0.772. The van der Waals surface area contributed by atoms with Crippen LogP contribution in [-0.2, 0) is 6.42 Å². The van der Waals surface area contributed by atoms with Gasteiger partial charge in [-0.3, -0.25) is 4.79 Å². The highest BCUT2D eigenvalue weighted by molar-refractivity contribution is 5.84. The fourth-order valence-corrected chi connectivity index (χ4v) is 2.43. The van der Waals surface area contributed by atoms with Crippen LogP contribution in [0.4, 0.5) is 0 Å². The second-order valence-electron chi connectivity index (χ2n) is 4.48. The number of aliphatic hydroxyl groups is 1. The van der Waals surface area contributed by atoms with Crippen LogP contribution >= 0.6 is 0 Å². The molecule has 2 aromatic rings. The second kappa shape index (κ2) is 3.34. The fraction of sp³-hybridized carbons (Fsp3) is 0.308. The van der Waals surface area contributed by atoms with Gasteiger partial charge in [0.05, 0.1) is 11.7 Å². The van der Waals surface area contributed by atoms with E-state index in [2.05, 4.69) is 0 Å². The Kier molecular flexibility index (Phi) is 2.03. The summed E-state index contributed by atoms with van der Waals surface area (Å²) in [5, 5.41) is 19.7. The molecular formula is C13H12O4. The van der Waals surface area contributed by atoms with Crippen LogP contribution in [-0.4, -0.2) is 10.2 Å². The molecule has 1 aromatic carbocycles. The molecule has 0 saturated heterocycles. The molecular weight excluding hydrogens is 220 g/mol. The van der Waals surface area contributed by atoms with Crippen LogP contribution in [0.3, 0.4) is 0 Å². The molecule has 1 atom stereocenters. The van der Waals surface area contributed by atoms with E-state index in [1.807, 2.05) is 6.92 Å². The third kappa shape index (κ3) is 1.37. The lowest BCUT2D eigenvalue weighted by Gasteiger charge is -2.06. The Labute approximate surface area is 97.1 Å². The maximum absolute atomic E-state index is 12.2. The van der Waals surface area contributed by atoms with Crippen molar-refractivity contribution in [1.29, 1.82) is 0 Å². The van der Waals surface area contributed by atoms with E-state index in [9.17, 15) is 15.0 Å². The van der Waals surface area contributed by atoms with E-state index in [1.54, 1.807) is 6.07 Å². The van der Waals surface area contributed by atoms with Crippen LogP contribution in [0.25, 0.3) is 11.0 Å². The number of benzene rings is 1. The van der Waals surface area contributed by atoms with Crippen LogP contribution in [0.2, 0.25) is 0 Å². The van der Waals surface area contributed by atoms with Gasteiger partial charge in [0.15, 0.2) is 0 Å². The number of phenols is 1. The van der Waals surface area contributed by atoms with E-state index in [0.29, 0.717) is 29.7 Å². The van der Waals surface area contributed by atoms with Gasteiger partial charge in [0, 0.05) is 6.42 Å². The van der Waals surface area contributed by atoms with Crippen molar-refractivity contribution in [3.8, 4) is 5.75 Å². The second-order valence-corrected chi connectivity index (χ2v) is 4.48. The van der Waals surface area contributed by atoms with E-state index in [0.717, 1.165) is 5.56 Å². The summed E-state index contributed by atoms with van der Waals surface area (Å²) in [6.07, 6.45) is 0.298. The average Bonchev–Trinajstić information content (AvgIpc) is 2.59. The molecule has 0 fully saturated rings. The Balaban J connectivity index is 2.49. The smallest absolute Gasteiger partial charge is 0.202 e. The summed E-state index contributed by atoms with van der Waals surface area (Å²) in [5.74, 6) is 0.454. The van der Waals surface area contributed by atoms with Crippen LogP contribution < -0.4 is 5.43 Å². The third-order valence-electron chi connectivity index (χ3n) is 3.21. The summed E-state index contributed by atoms with van der Waals surface area (Å²) in [4.78, 5) is 12.2. The van der Waals surface area contributed by atoms with E-state index < -0.39 is 6.10 Å². The molecule has 0 amide bonds. The maximum Gasteiger partial charge on any atom is 0.202 e. The average molecular weight is 232 g/mol. The van der Waals surface area contributed by atoms with Gasteiger partial charge in [0.25, 0.3) is 0 Å². The zero-order valence-corrected chi connectivity index (χ0v) is 9.36. The first kappa shape index (κ1) is 10.4. The van der Waals surface area contributed by atoms with Crippen LogP contribution in [0.1, 0.15) is 29.4 Å². The third-order valence-corrected chi connectivity index (χ3v) is 3.21. The standard InChI is InChI=1S/C13H12O4/c1-6-4-8(15)12-10(5-6)17-9-3-2-7(14)11(9)13(12)16/h4-5,7,14-15H,2-3H2,1H3/t7-/m0/s1. The first-order chi connectivity index (χ1) is 8.08. The first-order valence-corrected chi connectivity index (χ1v) is 5.55. The summed E-state index contributed by atoms with van der Waals surface area (Å²) >= 11 is 0. The predicted octanol–water partition coefficient (Wildman–Crippen LogP) is 1.79. The summed E-state index contributed by atoms with van der Waals surface area (Å²) < 4.78 is 5.60. The lowest BCUT2D eigenvalue weighted by molar-refractivity contribution is 0.179. The summed E-state index contributed by atoms with van der Waals surface area (Å²) in [6.45, 7) is 1.82. The number of aryl methyl sites for hydroxylation is 2. The molecule has 1 aliphatic rings. The summed E-state index contributed by atoms with van der Waals surface area (Å²) in [5.41, 5.74) is 1.21. The van der Waals surface area contributed by atoms with E-state index >= 15 is 0 Å². The van der Waals surface area contributed by atoms with Crippen molar-refractivity contribution < 1.29 is 14.6 Å². The number of hydrogen-bond donors (Lipinski definition) is 2. The van der Waals surface area contributed by atoms with Gasteiger partial charge in [-0.05, 0) is 31.0 Å². The molecule has 0 aliphatic heterocycles. The molecule has 0 radical (unpaired) electrons. The molecule has 17 heavy (non-hydrogen) atoms. The van der Waals surface area contributed by atoms with Gasteiger partial charge in [-0.15, -0.1) is 0 Å². The summed E-state index contributed by atoms with van der Waals surface area (Å²) in [7, 11) is 0. The van der Waals surface area contributed by atoms with Gasteiger partial charge in [0.1, 0.15) is 22.5 Å². The van der Waals surface area contributed by atoms with Gasteiger partial charge in [-0.25, -0.2) is 0 Å². The highest BCUT2D eigenvalue weighted by Crippen LogP contribution is 2.33. The highest BCUT2D eigenvalue weighted by Gasteiger charge is 2.28. The Morgan fingerprint density at radius 3 is 2.94 bits per heavy atom. The molecule has 0 saturated carbocycles. The lowest BCUT2D eigenvalue weighted by Crippen LogP contribution is -2.11. The monoisotopic (exact) mass is 232 g/mol. The SMILES string of the molecule is Cc1cc(O)c2c(=O)c3c(oc2c1)CC[C@@H]3O. The molecule has 2 N–H and O–H groups in total. The zero-order chi connectivity index (χ0) is 12.2. The molecule has 4 nitrogen and oxygen atoms in total. The van der Waals surface area contributed by atoms with Gasteiger partial charge >= 0.3 is 0 Å². The minimum Gasteiger partial charge on any atom is -0.507 e. The molecule has 1 aliphatic carbocycles. The van der Waals surface area contributed by atoms with Crippen molar-refractivity contribution in [2.24, 2.45) is 0 Å². The molecule has 3 rings (SSSR count). The molecule has 0 spiro atoms. The zero-order valence-electron chi connectivity index (χ0n) is 9.36. The molecule has 1 heterocycles. The molecule has 88 valence electrons. The number of fused-ring (bicyclic) bond motifs is 2. The molecule has 1 aromatic heterocycles. The Bertz CT molecular complexity index is 669. The van der Waals surface area contributed by atoms with Crippen LogP contribution in [0.15, 0.2) is 21.3 Å². The Hall–Kier alpha value is -1.81. The Morgan fingerprint density at radius 1 is 1.41 bits per heavy atom. The van der Waals surface area contributed by atoms with Gasteiger partial charge < -0.3 is 14.6 Å². The number of aliphatic hydroxyl groups excluding tert-OH is 1. The van der Waals surface area contributed by atoms with Crippen molar-refractivity contribution in [3.63, 3.8) is 0 Å². The van der Waals surface area contributed by atoms with Crippen LogP contribution in [0.5, 0.6) is 5.75 Å². The number of aromatic hydroxyl groups is 1. The lowest BCUT2D eigenvalue weighted by atomic mass is 10.1. The largest absolute Gasteiger partial charge is 0.507 e. The topological polar surface area (TPSA) is 70.7 Å². The van der Waals surface area contributed by atoms with Crippen LogP contribution in [0, 0.1) is 6.92 Å². The quantitative estimate of drug-likeness (QED) is 0.726. The molecule has 0 bridgehead atoms. The van der Waals surface area contributed by atoms with E-state index in [4.69, 9.17) is 4.42 Å². The van der Waals surface area contributed by atoms with Crippen molar-refractivity contribution in [2.75, 3.05) is 0 Å². The van der Waals surface area contributed by atoms with E-state index in [1.165, 1.54) is 6.07 Å². The van der Waals surface area contributed by atoms with Gasteiger partial charge in [0.2, 0.25) is 5.43 Å². The molecule has 4 heteroatoms. The van der Waals surface area contributed by atoms with Crippen molar-refractivity contribution in [2.45, 2.75) is 25.9 Å². The Morgan fingerprint density at radius 2 is 2.18 bits per heavy atom. The minimum absolute atomic E-state index is 0.0874. The van der Waals surface area contributed by atoms with Crippen molar-refractivity contribution in [1.82, 2.24) is 0 Å². The predicted molar refractivity (Wildman–Crippen MR) is 62.2 cm³/mol.